The third-order valence-electron chi connectivity index (χ3n) is 0.975. The first-order valence-electron chi connectivity index (χ1n) is 2.78. The molecule has 0 aliphatic heterocycles. The molecule has 0 spiro atoms. The molecule has 1 heterocycles. The van der Waals surface area contributed by atoms with Crippen molar-refractivity contribution in [2.75, 3.05) is 0 Å². The van der Waals surface area contributed by atoms with E-state index in [9.17, 15) is 0 Å². The largest absolute Gasteiger partial charge is 0.311 e. The van der Waals surface area contributed by atoms with E-state index in [2.05, 4.69) is 9.38 Å². The second kappa shape index (κ2) is 4.33. The minimum absolute atomic E-state index is 0.389. The Morgan fingerprint density at radius 3 is 3.18 bits per heavy atom. The van der Waals surface area contributed by atoms with Crippen molar-refractivity contribution in [2.24, 2.45) is 4.40 Å². The molecule has 0 amide bonds. The molecular formula is C6H5ClN2OS. The average Bonchev–Trinajstić information content (AvgIpc) is 2.01. The van der Waals surface area contributed by atoms with Crippen molar-refractivity contribution in [3.63, 3.8) is 0 Å². The monoisotopic (exact) mass is 188 g/mol. The summed E-state index contributed by atoms with van der Waals surface area (Å²) in [6, 6.07) is 3.33. The minimum Gasteiger partial charge on any atom is -0.311 e. The Morgan fingerprint density at radius 1 is 1.73 bits per heavy atom. The molecule has 0 bridgehead atoms. The molecule has 5 heteroatoms. The van der Waals surface area contributed by atoms with Gasteiger partial charge in [0.15, 0.2) is 0 Å². The van der Waals surface area contributed by atoms with Crippen molar-refractivity contribution in [3.05, 3.63) is 29.0 Å². The number of aromatic nitrogens is 1. The average molecular weight is 189 g/mol. The summed E-state index contributed by atoms with van der Waals surface area (Å²) in [5.41, 5.74) is 0.624. The summed E-state index contributed by atoms with van der Waals surface area (Å²) in [6.07, 6.45) is 3.00. The van der Waals surface area contributed by atoms with E-state index in [4.69, 9.17) is 16.2 Å². The van der Waals surface area contributed by atoms with Crippen LogP contribution in [0, 0.1) is 0 Å². The van der Waals surface area contributed by atoms with Gasteiger partial charge < -0.3 is 4.55 Å². The Kier molecular flexibility index (Phi) is 3.35. The van der Waals surface area contributed by atoms with Crippen molar-refractivity contribution in [3.8, 4) is 0 Å². The van der Waals surface area contributed by atoms with Crippen LogP contribution in [0.25, 0.3) is 0 Å². The molecule has 1 rings (SSSR count). The van der Waals surface area contributed by atoms with E-state index in [1.807, 2.05) is 0 Å². The second-order valence-electron chi connectivity index (χ2n) is 1.72. The molecule has 1 N–H and O–H groups in total. The van der Waals surface area contributed by atoms with Crippen LogP contribution in [0.2, 0.25) is 5.02 Å². The van der Waals surface area contributed by atoms with Crippen molar-refractivity contribution in [2.45, 2.75) is 0 Å². The molecule has 0 unspecified atom stereocenters. The second-order valence-corrected chi connectivity index (χ2v) is 2.53. The molecule has 58 valence electrons. The van der Waals surface area contributed by atoms with Gasteiger partial charge in [-0.25, -0.2) is 0 Å². The first-order valence-corrected chi connectivity index (χ1v) is 3.89. The van der Waals surface area contributed by atoms with E-state index in [0.717, 1.165) is 0 Å². The molecule has 0 aliphatic carbocycles. The predicted octanol–water partition coefficient (Wildman–Crippen LogP) is 2.28. The van der Waals surface area contributed by atoms with Crippen LogP contribution in [-0.2, 0) is 0 Å². The fraction of sp³-hybridized carbons (Fsp3) is 0. The summed E-state index contributed by atoms with van der Waals surface area (Å²) in [7, 11) is 0. The molecule has 0 radical (unpaired) electrons. The Labute approximate surface area is 73.5 Å². The zero-order valence-electron chi connectivity index (χ0n) is 5.44. The van der Waals surface area contributed by atoms with Gasteiger partial charge in [0.25, 0.3) is 0 Å². The number of rotatable bonds is 2. The quantitative estimate of drug-likeness (QED) is 0.440. The lowest BCUT2D eigenvalue weighted by Gasteiger charge is -1.90. The van der Waals surface area contributed by atoms with E-state index in [0.29, 0.717) is 22.9 Å². The van der Waals surface area contributed by atoms with Gasteiger partial charge in [-0.3, -0.25) is 4.98 Å². The van der Waals surface area contributed by atoms with Crippen LogP contribution in [-0.4, -0.2) is 15.8 Å². The highest BCUT2D eigenvalue weighted by atomic mass is 35.5. The van der Waals surface area contributed by atoms with Gasteiger partial charge in [0.05, 0.1) is 11.9 Å². The van der Waals surface area contributed by atoms with Gasteiger partial charge in [0.1, 0.15) is 12.2 Å². The highest BCUT2D eigenvalue weighted by Gasteiger charge is 1.89. The summed E-state index contributed by atoms with van der Waals surface area (Å²) in [5, 5.41) is 0.601. The standard InChI is InChI=1S/C6H5ClN2OS/c7-5-1-2-8-6(3-5)4-9-11-10/h1-4,10H/b9-4+. The van der Waals surface area contributed by atoms with Crippen LogP contribution in [0.4, 0.5) is 0 Å². The molecule has 1 aromatic rings. The molecular weight excluding hydrogens is 184 g/mol. The molecule has 0 aliphatic rings. The van der Waals surface area contributed by atoms with Gasteiger partial charge in [0.2, 0.25) is 0 Å². The van der Waals surface area contributed by atoms with Crippen LogP contribution in [0.1, 0.15) is 5.69 Å². The summed E-state index contributed by atoms with van der Waals surface area (Å²) >= 11 is 6.04. The van der Waals surface area contributed by atoms with Gasteiger partial charge in [0, 0.05) is 11.2 Å². The number of pyridine rings is 1. The molecule has 11 heavy (non-hydrogen) atoms. The Balaban J connectivity index is 2.79. The van der Waals surface area contributed by atoms with E-state index in [-0.39, 0.29) is 0 Å². The Hall–Kier alpha value is -0.580. The predicted molar refractivity (Wildman–Crippen MR) is 47.1 cm³/mol. The lowest BCUT2D eigenvalue weighted by molar-refractivity contribution is 0.666. The Morgan fingerprint density at radius 2 is 2.55 bits per heavy atom. The van der Waals surface area contributed by atoms with E-state index in [1.54, 1.807) is 18.3 Å². The summed E-state index contributed by atoms with van der Waals surface area (Å²) in [6.45, 7) is 0. The topological polar surface area (TPSA) is 45.5 Å². The van der Waals surface area contributed by atoms with Crippen molar-refractivity contribution in [1.29, 1.82) is 0 Å². The molecule has 3 nitrogen and oxygen atoms in total. The summed E-state index contributed by atoms with van der Waals surface area (Å²) in [5.74, 6) is 0. The lowest BCUT2D eigenvalue weighted by Crippen LogP contribution is -1.84. The highest BCUT2D eigenvalue weighted by molar-refractivity contribution is 7.92. The Bertz CT molecular complexity index is 267. The fourth-order valence-corrected chi connectivity index (χ4v) is 0.893. The van der Waals surface area contributed by atoms with Crippen LogP contribution >= 0.6 is 23.8 Å². The SMILES string of the molecule is OS/N=C/c1cc(Cl)ccn1. The molecule has 0 saturated heterocycles. The first-order chi connectivity index (χ1) is 5.33. The van der Waals surface area contributed by atoms with Gasteiger partial charge in [-0.2, -0.15) is 4.40 Å². The normalized spacial score (nSPS) is 10.7. The number of hydrogen-bond acceptors (Lipinski definition) is 4. The molecule has 0 atom stereocenters. The van der Waals surface area contributed by atoms with Crippen LogP contribution < -0.4 is 0 Å². The van der Waals surface area contributed by atoms with E-state index < -0.39 is 0 Å². The minimum atomic E-state index is 0.389. The molecule has 1 aromatic heterocycles. The van der Waals surface area contributed by atoms with Crippen molar-refractivity contribution in [1.82, 2.24) is 4.98 Å². The van der Waals surface area contributed by atoms with Gasteiger partial charge in [-0.1, -0.05) is 11.6 Å². The lowest BCUT2D eigenvalue weighted by atomic mass is 10.4. The zero-order chi connectivity index (χ0) is 8.10. The van der Waals surface area contributed by atoms with E-state index in [1.165, 1.54) is 6.21 Å². The smallest absolute Gasteiger partial charge is 0.133 e. The zero-order valence-corrected chi connectivity index (χ0v) is 7.01. The van der Waals surface area contributed by atoms with Crippen molar-refractivity contribution >= 4 is 30.0 Å². The maximum atomic E-state index is 8.25. The van der Waals surface area contributed by atoms with E-state index >= 15 is 0 Å². The molecule has 0 saturated carbocycles. The first kappa shape index (κ1) is 8.52. The molecule has 0 fully saturated rings. The third kappa shape index (κ3) is 2.88. The summed E-state index contributed by atoms with van der Waals surface area (Å²) < 4.78 is 11.8. The maximum absolute atomic E-state index is 8.25. The van der Waals surface area contributed by atoms with Gasteiger partial charge in [-0.05, 0) is 12.1 Å². The fourth-order valence-electron chi connectivity index (χ4n) is 0.569. The van der Waals surface area contributed by atoms with Gasteiger partial charge in [-0.15, -0.1) is 0 Å². The van der Waals surface area contributed by atoms with Crippen LogP contribution in [0.5, 0.6) is 0 Å². The molecule has 0 aromatic carbocycles. The van der Waals surface area contributed by atoms with Crippen LogP contribution in [0.3, 0.4) is 0 Å². The number of nitrogens with zero attached hydrogens (tertiary/aromatic N) is 2. The van der Waals surface area contributed by atoms with Crippen LogP contribution in [0.15, 0.2) is 22.7 Å². The van der Waals surface area contributed by atoms with Gasteiger partial charge >= 0.3 is 0 Å². The highest BCUT2D eigenvalue weighted by Crippen LogP contribution is 2.06. The third-order valence-corrected chi connectivity index (χ3v) is 1.41. The maximum Gasteiger partial charge on any atom is 0.133 e. The number of hydrogen-bond donors (Lipinski definition) is 1. The summed E-state index contributed by atoms with van der Waals surface area (Å²) in [4.78, 5) is 3.92. The van der Waals surface area contributed by atoms with Crippen molar-refractivity contribution < 1.29 is 4.55 Å². The number of halogens is 1.